The normalized spacial score (nSPS) is 17.5. The zero-order valence-electron chi connectivity index (χ0n) is 16.5. The van der Waals surface area contributed by atoms with Crippen molar-refractivity contribution in [2.75, 3.05) is 0 Å². The van der Waals surface area contributed by atoms with Gasteiger partial charge in [-0.3, -0.25) is 0 Å². The highest BCUT2D eigenvalue weighted by Crippen LogP contribution is 2.39. The minimum absolute atomic E-state index is 0.280. The molecule has 0 aromatic heterocycles. The van der Waals surface area contributed by atoms with E-state index in [1.54, 1.807) is 0 Å². The van der Waals surface area contributed by atoms with Crippen molar-refractivity contribution in [3.05, 3.63) is 12.2 Å². The first kappa shape index (κ1) is 21.1. The van der Waals surface area contributed by atoms with Gasteiger partial charge in [-0.25, -0.2) is 0 Å². The molecule has 0 saturated carbocycles. The summed E-state index contributed by atoms with van der Waals surface area (Å²) in [6.07, 6.45) is 5.14. The van der Waals surface area contributed by atoms with E-state index in [1.807, 2.05) is 0 Å². The van der Waals surface area contributed by atoms with Crippen molar-refractivity contribution >= 4 is 16.4 Å². The molecule has 0 aliphatic carbocycles. The quantitative estimate of drug-likeness (QED) is 0.379. The van der Waals surface area contributed by atoms with Crippen molar-refractivity contribution in [2.24, 2.45) is 11.8 Å². The predicted octanol–water partition coefficient (Wildman–Crippen LogP) is 6.56. The van der Waals surface area contributed by atoms with E-state index < -0.39 is 16.4 Å². The Morgan fingerprint density at radius 3 is 1.76 bits per heavy atom. The van der Waals surface area contributed by atoms with Crippen molar-refractivity contribution in [1.82, 2.24) is 0 Å². The minimum atomic E-state index is -1.69. The smallest absolute Gasteiger partial charge is 0.192 e. The van der Waals surface area contributed by atoms with E-state index in [0.29, 0.717) is 17.9 Å². The summed E-state index contributed by atoms with van der Waals surface area (Å²) in [5.41, 5.74) is 0. The monoisotopic (exact) mass is 328 g/mol. The van der Waals surface area contributed by atoms with Crippen LogP contribution in [0.25, 0.3) is 0 Å². The number of hydrogen-bond donors (Lipinski definition) is 0. The van der Waals surface area contributed by atoms with E-state index in [1.165, 1.54) is 6.04 Å². The maximum atomic E-state index is 6.71. The molecule has 0 N–H and O–H groups in total. The average Bonchev–Trinajstić information content (AvgIpc) is 2.21. The summed E-state index contributed by atoms with van der Waals surface area (Å²) in [7, 11) is -2.68. The van der Waals surface area contributed by atoms with Crippen LogP contribution in [0.5, 0.6) is 0 Å². The van der Waals surface area contributed by atoms with Gasteiger partial charge in [0.05, 0.1) is 6.10 Å². The van der Waals surface area contributed by atoms with Gasteiger partial charge in [-0.1, -0.05) is 73.3 Å². The van der Waals surface area contributed by atoms with Gasteiger partial charge >= 0.3 is 0 Å². The van der Waals surface area contributed by atoms with Gasteiger partial charge in [-0.15, -0.1) is 0 Å². The minimum Gasteiger partial charge on any atom is -0.413 e. The topological polar surface area (TPSA) is 9.23 Å². The molecule has 0 fully saturated rings. The molecular weight excluding hydrogens is 288 g/mol. The molecular formula is C18H40OSi2. The third kappa shape index (κ3) is 7.80. The highest BCUT2D eigenvalue weighted by Gasteiger charge is 2.40. The van der Waals surface area contributed by atoms with Crippen molar-refractivity contribution in [3.8, 4) is 0 Å². The standard InChI is InChI=1S/C18H40OSi2/c1-15(2)17(19-21(10,11)18(4,5)6)16(3)13-12-14-20(7,8)9/h12-13,15-17H,14H2,1-11H3/b13-12-/t16-,17+/m0/s1. The third-order valence-corrected chi connectivity index (χ3v) is 10.5. The van der Waals surface area contributed by atoms with E-state index in [-0.39, 0.29) is 5.04 Å². The Morgan fingerprint density at radius 2 is 1.43 bits per heavy atom. The first-order valence-electron chi connectivity index (χ1n) is 8.52. The average molecular weight is 329 g/mol. The van der Waals surface area contributed by atoms with Gasteiger partial charge in [0.1, 0.15) is 0 Å². The Kier molecular flexibility index (Phi) is 7.65. The van der Waals surface area contributed by atoms with E-state index in [0.717, 1.165) is 0 Å². The van der Waals surface area contributed by atoms with Crippen LogP contribution < -0.4 is 0 Å². The van der Waals surface area contributed by atoms with Crippen LogP contribution in [0.2, 0.25) is 43.8 Å². The molecule has 0 aromatic rings. The van der Waals surface area contributed by atoms with Crippen molar-refractivity contribution < 1.29 is 4.43 Å². The van der Waals surface area contributed by atoms with E-state index in [4.69, 9.17) is 4.43 Å². The van der Waals surface area contributed by atoms with Gasteiger partial charge in [-0.2, -0.15) is 0 Å². The van der Waals surface area contributed by atoms with Gasteiger partial charge in [0.25, 0.3) is 0 Å². The second-order valence-electron chi connectivity index (χ2n) is 9.64. The van der Waals surface area contributed by atoms with Gasteiger partial charge in [0.15, 0.2) is 8.32 Å². The Morgan fingerprint density at radius 1 is 0.952 bits per heavy atom. The molecule has 0 bridgehead atoms. The third-order valence-electron chi connectivity index (χ3n) is 4.58. The first-order chi connectivity index (χ1) is 9.17. The second-order valence-corrected chi connectivity index (χ2v) is 19.9. The molecule has 1 nitrogen and oxygen atoms in total. The molecule has 0 unspecified atom stereocenters. The van der Waals surface area contributed by atoms with Crippen LogP contribution in [-0.4, -0.2) is 22.5 Å². The maximum absolute atomic E-state index is 6.71. The van der Waals surface area contributed by atoms with Gasteiger partial charge in [-0.05, 0) is 36.0 Å². The lowest BCUT2D eigenvalue weighted by molar-refractivity contribution is 0.100. The van der Waals surface area contributed by atoms with Crippen LogP contribution in [0, 0.1) is 11.8 Å². The second kappa shape index (κ2) is 7.60. The molecule has 0 aliphatic rings. The van der Waals surface area contributed by atoms with Crippen LogP contribution in [0.1, 0.15) is 41.5 Å². The summed E-state index contributed by atoms with van der Waals surface area (Å²) in [6.45, 7) is 25.9. The molecule has 0 radical (unpaired) electrons. The largest absolute Gasteiger partial charge is 0.413 e. The number of allylic oxidation sites excluding steroid dienone is 1. The SMILES string of the molecule is CC(C)[C@@H](O[Si](C)(C)C(C)(C)C)[C@@H](C)/C=C\C[Si](C)(C)C. The molecule has 126 valence electrons. The maximum Gasteiger partial charge on any atom is 0.192 e. The molecule has 0 saturated heterocycles. The van der Waals surface area contributed by atoms with Crippen molar-refractivity contribution in [3.63, 3.8) is 0 Å². The van der Waals surface area contributed by atoms with Gasteiger partial charge in [0.2, 0.25) is 0 Å². The summed E-state index contributed by atoms with van der Waals surface area (Å²) in [5.74, 6) is 1.06. The molecule has 0 rings (SSSR count). The summed E-state index contributed by atoms with van der Waals surface area (Å²) < 4.78 is 6.71. The highest BCUT2D eigenvalue weighted by atomic mass is 28.4. The molecule has 0 heterocycles. The van der Waals surface area contributed by atoms with Crippen molar-refractivity contribution in [1.29, 1.82) is 0 Å². The van der Waals surface area contributed by atoms with E-state index in [9.17, 15) is 0 Å². The molecule has 2 atom stereocenters. The van der Waals surface area contributed by atoms with Crippen LogP contribution in [0.3, 0.4) is 0 Å². The Hall–Kier alpha value is 0.134. The summed E-state index contributed by atoms with van der Waals surface area (Å²) in [5, 5.41) is 0.280. The Bertz CT molecular complexity index is 332. The number of hydrogen-bond acceptors (Lipinski definition) is 1. The predicted molar refractivity (Wildman–Crippen MR) is 103 cm³/mol. The van der Waals surface area contributed by atoms with Crippen molar-refractivity contribution in [2.45, 2.75) is 91.5 Å². The molecule has 0 spiro atoms. The molecule has 21 heavy (non-hydrogen) atoms. The van der Waals surface area contributed by atoms with Crippen LogP contribution in [0.15, 0.2) is 12.2 Å². The van der Waals surface area contributed by atoms with E-state index in [2.05, 4.69) is 86.4 Å². The van der Waals surface area contributed by atoms with Gasteiger partial charge < -0.3 is 4.43 Å². The lowest BCUT2D eigenvalue weighted by Crippen LogP contribution is -2.46. The zero-order valence-corrected chi connectivity index (χ0v) is 18.5. The lowest BCUT2D eigenvalue weighted by Gasteiger charge is -2.42. The van der Waals surface area contributed by atoms with Gasteiger partial charge in [0, 0.05) is 8.07 Å². The summed E-state index contributed by atoms with van der Waals surface area (Å²) in [4.78, 5) is 0. The fraction of sp³-hybridized carbons (Fsp3) is 0.889. The van der Waals surface area contributed by atoms with Crippen LogP contribution in [-0.2, 0) is 4.43 Å². The Balaban J connectivity index is 4.92. The lowest BCUT2D eigenvalue weighted by atomic mass is 9.95. The Labute approximate surface area is 136 Å². The first-order valence-corrected chi connectivity index (χ1v) is 15.1. The summed E-state index contributed by atoms with van der Waals surface area (Å²) >= 11 is 0. The summed E-state index contributed by atoms with van der Waals surface area (Å²) in [6, 6.07) is 1.27. The molecule has 3 heteroatoms. The van der Waals surface area contributed by atoms with Crippen LogP contribution >= 0.6 is 0 Å². The highest BCUT2D eigenvalue weighted by molar-refractivity contribution is 6.76. The zero-order chi connectivity index (χ0) is 17.1. The molecule has 0 aromatic carbocycles. The fourth-order valence-electron chi connectivity index (χ4n) is 2.11. The molecule has 0 aliphatic heterocycles. The molecule has 0 amide bonds. The fourth-order valence-corrected chi connectivity index (χ4v) is 4.48. The number of rotatable bonds is 7. The van der Waals surface area contributed by atoms with Crippen LogP contribution in [0.4, 0.5) is 0 Å². The van der Waals surface area contributed by atoms with E-state index >= 15 is 0 Å².